The van der Waals surface area contributed by atoms with Crippen LogP contribution in [0.25, 0.3) is 22.4 Å². The molecule has 29 heavy (non-hydrogen) atoms. The maximum absolute atomic E-state index is 10.4. The minimum atomic E-state index is 0.103. The van der Waals surface area contributed by atoms with Crippen LogP contribution in [-0.2, 0) is 0 Å². The van der Waals surface area contributed by atoms with E-state index in [1.165, 1.54) is 0 Å². The van der Waals surface area contributed by atoms with Crippen molar-refractivity contribution >= 4 is 16.9 Å². The first-order chi connectivity index (χ1) is 13.7. The molecule has 7 heteroatoms. The normalized spacial score (nSPS) is 17.6. The molecule has 0 spiro atoms. The van der Waals surface area contributed by atoms with Crippen molar-refractivity contribution in [3.63, 3.8) is 0 Å². The summed E-state index contributed by atoms with van der Waals surface area (Å²) in [6.45, 7) is 12.7. The predicted molar refractivity (Wildman–Crippen MR) is 114 cm³/mol. The van der Waals surface area contributed by atoms with Gasteiger partial charge in [0.15, 0.2) is 17.3 Å². The van der Waals surface area contributed by atoms with Crippen molar-refractivity contribution in [2.24, 2.45) is 5.92 Å². The standard InChI is InChI=1S/C22H29N5O2/c1-13(2)22(4,5)24-15-8-9-27(12-15)21-7-6-17(25-26-21)16-10-20-18(11-19(16)28)23-14(3)29-20/h6-7,10-11,13,15,24,28H,8-9,12H2,1-5H3/t15-/m0/s1. The summed E-state index contributed by atoms with van der Waals surface area (Å²) in [5.41, 5.74) is 2.56. The van der Waals surface area contributed by atoms with Crippen LogP contribution < -0.4 is 10.2 Å². The van der Waals surface area contributed by atoms with Gasteiger partial charge in [-0.2, -0.15) is 0 Å². The van der Waals surface area contributed by atoms with E-state index in [1.54, 1.807) is 19.1 Å². The molecule has 0 unspecified atom stereocenters. The first-order valence-corrected chi connectivity index (χ1v) is 10.2. The molecule has 0 bridgehead atoms. The van der Waals surface area contributed by atoms with E-state index in [1.807, 2.05) is 12.1 Å². The number of aryl methyl sites for hydroxylation is 1. The summed E-state index contributed by atoms with van der Waals surface area (Å²) in [6.07, 6.45) is 1.09. The number of fused-ring (bicyclic) bond motifs is 1. The van der Waals surface area contributed by atoms with Crippen LogP contribution in [0.15, 0.2) is 28.7 Å². The highest BCUT2D eigenvalue weighted by Gasteiger charge is 2.30. The fraction of sp³-hybridized carbons (Fsp3) is 0.500. The molecule has 1 fully saturated rings. The van der Waals surface area contributed by atoms with Crippen LogP contribution in [0.4, 0.5) is 5.82 Å². The third-order valence-electron chi connectivity index (χ3n) is 6.07. The van der Waals surface area contributed by atoms with E-state index >= 15 is 0 Å². The molecule has 1 aromatic carbocycles. The summed E-state index contributed by atoms with van der Waals surface area (Å²) in [5, 5.41) is 22.9. The Morgan fingerprint density at radius 1 is 1.24 bits per heavy atom. The predicted octanol–water partition coefficient (Wildman–Crippen LogP) is 3.90. The topological polar surface area (TPSA) is 87.3 Å². The van der Waals surface area contributed by atoms with Gasteiger partial charge in [0.2, 0.25) is 0 Å². The van der Waals surface area contributed by atoms with Gasteiger partial charge in [-0.15, -0.1) is 10.2 Å². The Bertz CT molecular complexity index is 1010. The molecule has 0 aliphatic carbocycles. The molecule has 154 valence electrons. The zero-order valence-electron chi connectivity index (χ0n) is 17.7. The third kappa shape index (κ3) is 3.92. The van der Waals surface area contributed by atoms with Crippen molar-refractivity contribution < 1.29 is 9.52 Å². The number of oxazole rings is 1. The maximum atomic E-state index is 10.4. The van der Waals surface area contributed by atoms with E-state index in [4.69, 9.17) is 4.42 Å². The molecular formula is C22H29N5O2. The van der Waals surface area contributed by atoms with Gasteiger partial charge in [-0.25, -0.2) is 4.98 Å². The van der Waals surface area contributed by atoms with Crippen LogP contribution in [0.3, 0.4) is 0 Å². The monoisotopic (exact) mass is 395 g/mol. The SMILES string of the molecule is Cc1nc2cc(O)c(-c3ccc(N4CC[C@H](NC(C)(C)C(C)C)C4)nn3)cc2o1. The van der Waals surface area contributed by atoms with Gasteiger partial charge in [0.25, 0.3) is 0 Å². The van der Waals surface area contributed by atoms with Crippen molar-refractivity contribution in [2.45, 2.75) is 52.6 Å². The Balaban J connectivity index is 1.50. The Morgan fingerprint density at radius 3 is 2.72 bits per heavy atom. The number of rotatable bonds is 5. The molecule has 3 heterocycles. The second kappa shape index (κ2) is 7.30. The number of phenols is 1. The molecule has 1 atom stereocenters. The molecule has 3 aromatic rings. The Morgan fingerprint density at radius 2 is 2.03 bits per heavy atom. The summed E-state index contributed by atoms with van der Waals surface area (Å²) >= 11 is 0. The van der Waals surface area contributed by atoms with Crippen molar-refractivity contribution in [1.29, 1.82) is 0 Å². The van der Waals surface area contributed by atoms with Gasteiger partial charge < -0.3 is 19.7 Å². The number of hydrogen-bond donors (Lipinski definition) is 2. The molecule has 0 radical (unpaired) electrons. The highest BCUT2D eigenvalue weighted by atomic mass is 16.3. The molecule has 4 rings (SSSR count). The zero-order valence-corrected chi connectivity index (χ0v) is 17.7. The molecule has 1 saturated heterocycles. The van der Waals surface area contributed by atoms with Crippen molar-refractivity contribution in [3.8, 4) is 17.0 Å². The summed E-state index contributed by atoms with van der Waals surface area (Å²) in [7, 11) is 0. The number of nitrogens with zero attached hydrogens (tertiary/aromatic N) is 4. The number of aromatic hydroxyl groups is 1. The maximum Gasteiger partial charge on any atom is 0.192 e. The summed E-state index contributed by atoms with van der Waals surface area (Å²) in [4.78, 5) is 6.50. The van der Waals surface area contributed by atoms with Gasteiger partial charge in [0.1, 0.15) is 11.3 Å². The smallest absolute Gasteiger partial charge is 0.192 e. The zero-order chi connectivity index (χ0) is 20.8. The van der Waals surface area contributed by atoms with Crippen LogP contribution in [0.1, 0.15) is 40.0 Å². The van der Waals surface area contributed by atoms with Gasteiger partial charge in [-0.1, -0.05) is 13.8 Å². The van der Waals surface area contributed by atoms with Gasteiger partial charge in [-0.3, -0.25) is 0 Å². The first kappa shape index (κ1) is 19.6. The van der Waals surface area contributed by atoms with E-state index in [-0.39, 0.29) is 11.3 Å². The van der Waals surface area contributed by atoms with Crippen LogP contribution in [-0.4, -0.2) is 45.0 Å². The minimum Gasteiger partial charge on any atom is -0.507 e. The van der Waals surface area contributed by atoms with Gasteiger partial charge in [0, 0.05) is 43.2 Å². The lowest BCUT2D eigenvalue weighted by atomic mass is 9.90. The Labute approximate surface area is 171 Å². The fourth-order valence-corrected chi connectivity index (χ4v) is 3.70. The molecule has 1 aliphatic rings. The average molecular weight is 396 g/mol. The number of aromatic nitrogens is 3. The molecule has 2 aromatic heterocycles. The van der Waals surface area contributed by atoms with Gasteiger partial charge in [0.05, 0.1) is 5.69 Å². The largest absolute Gasteiger partial charge is 0.507 e. The summed E-state index contributed by atoms with van der Waals surface area (Å²) in [5.74, 6) is 2.11. The highest BCUT2D eigenvalue weighted by molar-refractivity contribution is 5.83. The van der Waals surface area contributed by atoms with E-state index < -0.39 is 0 Å². The van der Waals surface area contributed by atoms with Gasteiger partial charge >= 0.3 is 0 Å². The lowest BCUT2D eigenvalue weighted by molar-refractivity contribution is 0.261. The van der Waals surface area contributed by atoms with E-state index in [9.17, 15) is 5.11 Å². The van der Waals surface area contributed by atoms with Gasteiger partial charge in [-0.05, 0) is 44.4 Å². The quantitative estimate of drug-likeness (QED) is 0.677. The number of hydrogen-bond acceptors (Lipinski definition) is 7. The van der Waals surface area contributed by atoms with E-state index in [0.29, 0.717) is 40.2 Å². The van der Waals surface area contributed by atoms with Crippen molar-refractivity contribution in [1.82, 2.24) is 20.5 Å². The summed E-state index contributed by atoms with van der Waals surface area (Å²) in [6, 6.07) is 7.66. The lowest BCUT2D eigenvalue weighted by Gasteiger charge is -2.34. The first-order valence-electron chi connectivity index (χ1n) is 10.2. The van der Waals surface area contributed by atoms with Crippen LogP contribution in [0.5, 0.6) is 5.75 Å². The van der Waals surface area contributed by atoms with Crippen LogP contribution in [0.2, 0.25) is 0 Å². The van der Waals surface area contributed by atoms with Crippen LogP contribution in [0, 0.1) is 12.8 Å². The van der Waals surface area contributed by atoms with E-state index in [0.717, 1.165) is 25.3 Å². The van der Waals surface area contributed by atoms with Crippen molar-refractivity contribution in [2.75, 3.05) is 18.0 Å². The Hall–Kier alpha value is -2.67. The average Bonchev–Trinajstić information content (AvgIpc) is 3.26. The molecule has 1 aliphatic heterocycles. The third-order valence-corrected chi connectivity index (χ3v) is 6.07. The molecular weight excluding hydrogens is 366 g/mol. The second-order valence-corrected chi connectivity index (χ2v) is 8.80. The number of phenolic OH excluding ortho intramolecular Hbond substituents is 1. The van der Waals surface area contributed by atoms with Crippen LogP contribution >= 0.6 is 0 Å². The lowest BCUT2D eigenvalue weighted by Crippen LogP contribution is -2.50. The molecule has 0 amide bonds. The Kier molecular flexibility index (Phi) is 4.94. The molecule has 7 nitrogen and oxygen atoms in total. The minimum absolute atomic E-state index is 0.103. The number of benzene rings is 1. The number of anilines is 1. The molecule has 2 N–H and O–H groups in total. The van der Waals surface area contributed by atoms with E-state index in [2.05, 4.69) is 53.1 Å². The second-order valence-electron chi connectivity index (χ2n) is 8.80. The van der Waals surface area contributed by atoms with Crippen molar-refractivity contribution in [3.05, 3.63) is 30.2 Å². The molecule has 0 saturated carbocycles. The number of nitrogens with one attached hydrogen (secondary N) is 1. The highest BCUT2D eigenvalue weighted by Crippen LogP contribution is 2.33. The fourth-order valence-electron chi connectivity index (χ4n) is 3.70. The summed E-state index contributed by atoms with van der Waals surface area (Å²) < 4.78 is 5.57.